The van der Waals surface area contributed by atoms with Gasteiger partial charge >= 0.3 is 0 Å². The van der Waals surface area contributed by atoms with Gasteiger partial charge in [-0.25, -0.2) is 13.1 Å². The fourth-order valence-corrected chi connectivity index (χ4v) is 4.60. The molecule has 5 nitrogen and oxygen atoms in total. The van der Waals surface area contributed by atoms with Crippen LogP contribution in [0.1, 0.15) is 48.6 Å². The maximum Gasteiger partial charge on any atom is 0.215 e. The van der Waals surface area contributed by atoms with E-state index in [4.69, 9.17) is 4.42 Å². The highest BCUT2D eigenvalue weighted by Crippen LogP contribution is 2.24. The monoisotopic (exact) mass is 376 g/mol. The second kappa shape index (κ2) is 8.84. The maximum atomic E-state index is 12.5. The molecule has 1 atom stereocenters. The first-order chi connectivity index (χ1) is 12.5. The van der Waals surface area contributed by atoms with Crippen LogP contribution >= 0.6 is 0 Å². The largest absolute Gasteiger partial charge is 0.468 e. The van der Waals surface area contributed by atoms with Crippen molar-refractivity contribution in [1.82, 2.24) is 9.62 Å². The summed E-state index contributed by atoms with van der Waals surface area (Å²) < 4.78 is 33.5. The van der Waals surface area contributed by atoms with Crippen LogP contribution in [0, 0.1) is 6.92 Å². The number of aryl methyl sites for hydroxylation is 1. The minimum Gasteiger partial charge on any atom is -0.468 e. The molecule has 1 unspecified atom stereocenters. The highest BCUT2D eigenvalue weighted by molar-refractivity contribution is 7.88. The van der Waals surface area contributed by atoms with Crippen LogP contribution in [0.25, 0.3) is 0 Å². The molecule has 0 aliphatic carbocycles. The topological polar surface area (TPSA) is 62.6 Å². The summed E-state index contributed by atoms with van der Waals surface area (Å²) in [5, 5.41) is 0. The number of sulfonamides is 1. The zero-order chi connectivity index (χ0) is 18.4. The first-order valence-electron chi connectivity index (χ1n) is 9.34. The van der Waals surface area contributed by atoms with Crippen LogP contribution in [-0.4, -0.2) is 33.0 Å². The fourth-order valence-electron chi connectivity index (χ4n) is 3.46. The molecule has 26 heavy (non-hydrogen) atoms. The average molecular weight is 377 g/mol. The van der Waals surface area contributed by atoms with E-state index in [0.29, 0.717) is 6.54 Å². The van der Waals surface area contributed by atoms with Crippen LogP contribution < -0.4 is 4.72 Å². The summed E-state index contributed by atoms with van der Waals surface area (Å²) in [5.74, 6) is 0.822. The molecule has 0 saturated carbocycles. The Morgan fingerprint density at radius 3 is 2.38 bits per heavy atom. The van der Waals surface area contributed by atoms with Crippen molar-refractivity contribution in [3.63, 3.8) is 0 Å². The summed E-state index contributed by atoms with van der Waals surface area (Å²) in [6.07, 6.45) is 6.42. The molecule has 0 radical (unpaired) electrons. The number of furan rings is 1. The van der Waals surface area contributed by atoms with Gasteiger partial charge in [0, 0.05) is 6.54 Å². The smallest absolute Gasteiger partial charge is 0.215 e. The van der Waals surface area contributed by atoms with E-state index >= 15 is 0 Å². The van der Waals surface area contributed by atoms with Crippen LogP contribution in [0.4, 0.5) is 0 Å². The van der Waals surface area contributed by atoms with E-state index in [2.05, 4.69) is 9.62 Å². The van der Waals surface area contributed by atoms with Crippen LogP contribution in [-0.2, 0) is 15.8 Å². The molecule has 0 bridgehead atoms. The first kappa shape index (κ1) is 19.1. The van der Waals surface area contributed by atoms with Gasteiger partial charge in [0.1, 0.15) is 5.76 Å². The first-order valence-corrected chi connectivity index (χ1v) is 11.0. The van der Waals surface area contributed by atoms with Gasteiger partial charge in [-0.1, -0.05) is 42.7 Å². The number of likely N-dealkylation sites (tertiary alicyclic amines) is 1. The summed E-state index contributed by atoms with van der Waals surface area (Å²) in [5.41, 5.74) is 1.92. The summed E-state index contributed by atoms with van der Waals surface area (Å²) in [7, 11) is -3.40. The summed E-state index contributed by atoms with van der Waals surface area (Å²) in [6, 6.07) is 11.4. The second-order valence-corrected chi connectivity index (χ2v) is 8.88. The Balaban J connectivity index is 1.67. The lowest BCUT2D eigenvalue weighted by Gasteiger charge is -2.29. The van der Waals surface area contributed by atoms with E-state index in [1.54, 1.807) is 6.26 Å². The molecule has 0 spiro atoms. The van der Waals surface area contributed by atoms with Crippen molar-refractivity contribution in [1.29, 1.82) is 0 Å². The van der Waals surface area contributed by atoms with E-state index in [1.807, 2.05) is 43.3 Å². The third kappa shape index (κ3) is 5.43. The minimum atomic E-state index is -3.40. The van der Waals surface area contributed by atoms with Crippen molar-refractivity contribution in [3.05, 3.63) is 59.5 Å². The molecular weight excluding hydrogens is 348 g/mol. The van der Waals surface area contributed by atoms with Gasteiger partial charge in [-0.05, 0) is 50.6 Å². The van der Waals surface area contributed by atoms with E-state index < -0.39 is 10.0 Å². The zero-order valence-corrected chi connectivity index (χ0v) is 16.2. The molecule has 1 saturated heterocycles. The number of hydrogen-bond donors (Lipinski definition) is 1. The minimum absolute atomic E-state index is 0.00183. The fraction of sp³-hybridized carbons (Fsp3) is 0.500. The summed E-state index contributed by atoms with van der Waals surface area (Å²) in [4.78, 5) is 2.35. The number of rotatable bonds is 7. The van der Waals surface area contributed by atoms with Crippen molar-refractivity contribution < 1.29 is 12.8 Å². The van der Waals surface area contributed by atoms with E-state index in [0.717, 1.165) is 42.8 Å². The van der Waals surface area contributed by atoms with Crippen LogP contribution in [0.3, 0.4) is 0 Å². The lowest BCUT2D eigenvalue weighted by atomic mass is 10.2. The van der Waals surface area contributed by atoms with Crippen molar-refractivity contribution in [2.24, 2.45) is 0 Å². The lowest BCUT2D eigenvalue weighted by Crippen LogP contribution is -2.38. The van der Waals surface area contributed by atoms with Gasteiger partial charge in [0.15, 0.2) is 0 Å². The molecule has 1 aromatic carbocycles. The molecule has 1 aliphatic heterocycles. The SMILES string of the molecule is Cc1ccc(CS(=O)(=O)NCC(c2ccco2)N2CCCCCC2)cc1. The average Bonchev–Trinajstić information content (AvgIpc) is 3.00. The molecule has 1 aliphatic rings. The molecule has 2 heterocycles. The molecule has 3 rings (SSSR count). The molecule has 2 aromatic rings. The van der Waals surface area contributed by atoms with Crippen molar-refractivity contribution >= 4 is 10.0 Å². The van der Waals surface area contributed by atoms with Gasteiger partial charge < -0.3 is 4.42 Å². The van der Waals surface area contributed by atoms with Gasteiger partial charge in [-0.15, -0.1) is 0 Å². The highest BCUT2D eigenvalue weighted by atomic mass is 32.2. The Morgan fingerprint density at radius 2 is 1.77 bits per heavy atom. The molecule has 142 valence electrons. The van der Waals surface area contributed by atoms with E-state index in [9.17, 15) is 8.42 Å². The van der Waals surface area contributed by atoms with Crippen molar-refractivity contribution in [2.75, 3.05) is 19.6 Å². The summed E-state index contributed by atoms with van der Waals surface area (Å²) in [6.45, 7) is 4.28. The molecule has 1 aromatic heterocycles. The number of benzene rings is 1. The van der Waals surface area contributed by atoms with Gasteiger partial charge in [0.25, 0.3) is 0 Å². The predicted molar refractivity (Wildman–Crippen MR) is 103 cm³/mol. The molecule has 1 N–H and O–H groups in total. The highest BCUT2D eigenvalue weighted by Gasteiger charge is 2.25. The van der Waals surface area contributed by atoms with E-state index in [-0.39, 0.29) is 11.8 Å². The quantitative estimate of drug-likeness (QED) is 0.802. The second-order valence-electron chi connectivity index (χ2n) is 7.07. The molecule has 1 fully saturated rings. The number of nitrogens with one attached hydrogen (secondary N) is 1. The third-order valence-electron chi connectivity index (χ3n) is 4.93. The van der Waals surface area contributed by atoms with Crippen LogP contribution in [0.15, 0.2) is 47.1 Å². The Hall–Kier alpha value is -1.63. The molecule has 6 heteroatoms. The van der Waals surface area contributed by atoms with E-state index in [1.165, 1.54) is 12.8 Å². The predicted octanol–water partition coefficient (Wildman–Crippen LogP) is 3.62. The lowest BCUT2D eigenvalue weighted by molar-refractivity contribution is 0.182. The standard InChI is InChI=1S/C20H28N2O3S/c1-17-8-10-18(11-9-17)16-26(23,24)21-15-19(20-7-6-14-25-20)22-12-4-2-3-5-13-22/h6-11,14,19,21H,2-5,12-13,15-16H2,1H3. The number of hydrogen-bond acceptors (Lipinski definition) is 4. The van der Waals surface area contributed by atoms with Gasteiger partial charge in [-0.3, -0.25) is 4.90 Å². The Kier molecular flexibility index (Phi) is 6.51. The Labute approximate surface area is 156 Å². The van der Waals surface area contributed by atoms with Crippen molar-refractivity contribution in [2.45, 2.75) is 44.4 Å². The normalized spacial score (nSPS) is 17.7. The van der Waals surface area contributed by atoms with Gasteiger partial charge in [-0.2, -0.15) is 0 Å². The summed E-state index contributed by atoms with van der Waals surface area (Å²) >= 11 is 0. The molecular formula is C20H28N2O3S. The van der Waals surface area contributed by atoms with Gasteiger partial charge in [0.05, 0.1) is 18.1 Å². The van der Waals surface area contributed by atoms with Crippen molar-refractivity contribution in [3.8, 4) is 0 Å². The zero-order valence-electron chi connectivity index (χ0n) is 15.4. The third-order valence-corrected chi connectivity index (χ3v) is 6.25. The Morgan fingerprint density at radius 1 is 1.08 bits per heavy atom. The Bertz CT molecular complexity index is 762. The number of nitrogens with zero attached hydrogens (tertiary/aromatic N) is 1. The van der Waals surface area contributed by atoms with Crippen LogP contribution in [0.5, 0.6) is 0 Å². The maximum absolute atomic E-state index is 12.5. The molecule has 0 amide bonds. The van der Waals surface area contributed by atoms with Crippen LogP contribution in [0.2, 0.25) is 0 Å². The van der Waals surface area contributed by atoms with Gasteiger partial charge in [0.2, 0.25) is 10.0 Å².